The minimum Gasteiger partial charge on any atom is -0.479 e. The van der Waals surface area contributed by atoms with Crippen LogP contribution in [0.4, 0.5) is 4.39 Å². The van der Waals surface area contributed by atoms with Crippen molar-refractivity contribution in [1.29, 1.82) is 0 Å². The molecular formula is C16H18FNO3. The molecular weight excluding hydrogens is 273 g/mol. The van der Waals surface area contributed by atoms with Crippen molar-refractivity contribution in [3.63, 3.8) is 0 Å². The van der Waals surface area contributed by atoms with Crippen LogP contribution in [0.5, 0.6) is 0 Å². The van der Waals surface area contributed by atoms with E-state index in [-0.39, 0.29) is 5.91 Å². The number of amides is 1. The lowest BCUT2D eigenvalue weighted by atomic mass is 10.0. The minimum absolute atomic E-state index is 0.348. The number of carboxylic acid groups (broad SMARTS) is 1. The van der Waals surface area contributed by atoms with Crippen LogP contribution in [0, 0.1) is 12.7 Å². The van der Waals surface area contributed by atoms with Crippen LogP contribution < -0.4 is 5.32 Å². The van der Waals surface area contributed by atoms with E-state index in [4.69, 9.17) is 0 Å². The lowest BCUT2D eigenvalue weighted by molar-refractivity contribution is -0.141. The smallest absolute Gasteiger partial charge is 0.330 e. The maximum Gasteiger partial charge on any atom is 0.330 e. The summed E-state index contributed by atoms with van der Waals surface area (Å²) in [6, 6.07) is 2.88. The highest BCUT2D eigenvalue weighted by molar-refractivity contribution is 5.97. The fourth-order valence-electron chi connectivity index (χ4n) is 2.56. The molecule has 1 aromatic carbocycles. The molecule has 1 atom stereocenters. The van der Waals surface area contributed by atoms with E-state index in [1.54, 1.807) is 6.92 Å². The van der Waals surface area contributed by atoms with Crippen LogP contribution in [0.2, 0.25) is 0 Å². The highest BCUT2D eigenvalue weighted by atomic mass is 19.1. The zero-order valence-corrected chi connectivity index (χ0v) is 12.1. The van der Waals surface area contributed by atoms with Gasteiger partial charge in [-0.25, -0.2) is 9.18 Å². The molecule has 21 heavy (non-hydrogen) atoms. The summed E-state index contributed by atoms with van der Waals surface area (Å²) in [5.41, 5.74) is 2.39. The summed E-state index contributed by atoms with van der Waals surface area (Å²) in [5, 5.41) is 11.9. The summed E-state index contributed by atoms with van der Waals surface area (Å²) in [6.45, 7) is 3.45. The molecule has 5 heteroatoms. The van der Waals surface area contributed by atoms with Gasteiger partial charge in [-0.3, -0.25) is 4.79 Å². The number of aliphatic carboxylic acids is 1. The Labute approximate surface area is 122 Å². The SMILES string of the molecule is CC1=C(C(=O)NC(C(=O)O)c2ccc(F)c(C)c2)CCC1. The second-order valence-electron chi connectivity index (χ2n) is 5.37. The minimum atomic E-state index is -1.17. The van der Waals surface area contributed by atoms with Crippen molar-refractivity contribution in [1.82, 2.24) is 5.32 Å². The Morgan fingerprint density at radius 2 is 2.00 bits per heavy atom. The number of carbonyl (C=O) groups excluding carboxylic acids is 1. The molecule has 0 heterocycles. The summed E-state index contributed by atoms with van der Waals surface area (Å²) in [7, 11) is 0. The zero-order chi connectivity index (χ0) is 15.6. The van der Waals surface area contributed by atoms with Gasteiger partial charge >= 0.3 is 5.97 Å². The monoisotopic (exact) mass is 291 g/mol. The van der Waals surface area contributed by atoms with Crippen molar-refractivity contribution < 1.29 is 19.1 Å². The van der Waals surface area contributed by atoms with Gasteiger partial charge in [0, 0.05) is 5.57 Å². The van der Waals surface area contributed by atoms with E-state index in [0.717, 1.165) is 18.4 Å². The van der Waals surface area contributed by atoms with Crippen LogP contribution in [0.15, 0.2) is 29.3 Å². The highest BCUT2D eigenvalue weighted by Gasteiger charge is 2.26. The predicted octanol–water partition coefficient (Wildman–Crippen LogP) is 2.88. The molecule has 0 saturated carbocycles. The Morgan fingerprint density at radius 3 is 2.52 bits per heavy atom. The van der Waals surface area contributed by atoms with E-state index >= 15 is 0 Å². The maximum absolute atomic E-state index is 13.3. The van der Waals surface area contributed by atoms with E-state index in [9.17, 15) is 19.1 Å². The summed E-state index contributed by atoms with van der Waals surface area (Å²) < 4.78 is 13.3. The summed E-state index contributed by atoms with van der Waals surface area (Å²) in [4.78, 5) is 23.6. The van der Waals surface area contributed by atoms with Crippen LogP contribution in [0.25, 0.3) is 0 Å². The summed E-state index contributed by atoms with van der Waals surface area (Å²) in [6.07, 6.45) is 2.46. The lowest BCUT2D eigenvalue weighted by Gasteiger charge is -2.16. The van der Waals surface area contributed by atoms with Gasteiger partial charge in [-0.1, -0.05) is 17.7 Å². The fourth-order valence-corrected chi connectivity index (χ4v) is 2.56. The van der Waals surface area contributed by atoms with Crippen LogP contribution in [-0.4, -0.2) is 17.0 Å². The number of nitrogens with one attached hydrogen (secondary N) is 1. The number of rotatable bonds is 4. The molecule has 2 N–H and O–H groups in total. The second kappa shape index (κ2) is 6.08. The largest absolute Gasteiger partial charge is 0.479 e. The van der Waals surface area contributed by atoms with E-state index in [1.807, 2.05) is 6.92 Å². The van der Waals surface area contributed by atoms with Crippen molar-refractivity contribution in [3.05, 3.63) is 46.3 Å². The van der Waals surface area contributed by atoms with E-state index < -0.39 is 17.8 Å². The standard InChI is InChI=1S/C16H18FNO3/c1-9-4-3-5-12(9)15(19)18-14(16(20)21)11-6-7-13(17)10(2)8-11/h6-8,14H,3-5H2,1-2H3,(H,18,19)(H,20,21). The molecule has 0 radical (unpaired) electrons. The van der Waals surface area contributed by atoms with Crippen molar-refractivity contribution >= 4 is 11.9 Å². The number of hydrogen-bond acceptors (Lipinski definition) is 2. The van der Waals surface area contributed by atoms with Crippen molar-refractivity contribution in [2.24, 2.45) is 0 Å². The first-order valence-electron chi connectivity index (χ1n) is 6.88. The number of aryl methyl sites for hydroxylation is 1. The predicted molar refractivity (Wildman–Crippen MR) is 76.2 cm³/mol. The molecule has 1 unspecified atom stereocenters. The molecule has 0 aromatic heterocycles. The third-order valence-electron chi connectivity index (χ3n) is 3.81. The van der Waals surface area contributed by atoms with Gasteiger partial charge in [0.05, 0.1) is 0 Å². The van der Waals surface area contributed by atoms with Crippen molar-refractivity contribution in [2.45, 2.75) is 39.2 Å². The Balaban J connectivity index is 2.24. The van der Waals surface area contributed by atoms with Gasteiger partial charge in [-0.05, 0) is 50.3 Å². The first kappa shape index (κ1) is 15.2. The van der Waals surface area contributed by atoms with E-state index in [0.29, 0.717) is 23.1 Å². The summed E-state index contributed by atoms with van der Waals surface area (Å²) in [5.74, 6) is -1.91. The van der Waals surface area contributed by atoms with Crippen LogP contribution in [0.3, 0.4) is 0 Å². The van der Waals surface area contributed by atoms with Gasteiger partial charge in [-0.2, -0.15) is 0 Å². The molecule has 1 aliphatic rings. The molecule has 4 nitrogen and oxygen atoms in total. The molecule has 0 aliphatic heterocycles. The van der Waals surface area contributed by atoms with Gasteiger partial charge in [0.15, 0.2) is 6.04 Å². The number of hydrogen-bond donors (Lipinski definition) is 2. The Kier molecular flexibility index (Phi) is 4.40. The van der Waals surface area contributed by atoms with Crippen LogP contribution >= 0.6 is 0 Å². The van der Waals surface area contributed by atoms with Gasteiger partial charge in [0.1, 0.15) is 5.82 Å². The Hall–Kier alpha value is -2.17. The third kappa shape index (κ3) is 3.29. The first-order chi connectivity index (χ1) is 9.90. The number of allylic oxidation sites excluding steroid dienone is 1. The van der Waals surface area contributed by atoms with Crippen LogP contribution in [-0.2, 0) is 9.59 Å². The Morgan fingerprint density at radius 1 is 1.29 bits per heavy atom. The third-order valence-corrected chi connectivity index (χ3v) is 3.81. The van der Waals surface area contributed by atoms with Gasteiger partial charge < -0.3 is 10.4 Å². The molecule has 2 rings (SSSR count). The van der Waals surface area contributed by atoms with E-state index in [1.165, 1.54) is 18.2 Å². The topological polar surface area (TPSA) is 66.4 Å². The first-order valence-corrected chi connectivity index (χ1v) is 6.88. The summed E-state index contributed by atoms with van der Waals surface area (Å²) >= 11 is 0. The average Bonchev–Trinajstić information content (AvgIpc) is 2.85. The number of halogens is 1. The molecule has 1 amide bonds. The quantitative estimate of drug-likeness (QED) is 0.896. The number of carbonyl (C=O) groups is 2. The van der Waals surface area contributed by atoms with Gasteiger partial charge in [0.2, 0.25) is 5.91 Å². The molecule has 112 valence electrons. The highest BCUT2D eigenvalue weighted by Crippen LogP contribution is 2.26. The number of benzene rings is 1. The van der Waals surface area contributed by atoms with Crippen LogP contribution in [0.1, 0.15) is 43.4 Å². The normalized spacial score (nSPS) is 16.0. The van der Waals surface area contributed by atoms with Gasteiger partial charge in [0.25, 0.3) is 0 Å². The fraction of sp³-hybridized carbons (Fsp3) is 0.375. The molecule has 0 saturated heterocycles. The maximum atomic E-state index is 13.3. The molecule has 1 aromatic rings. The molecule has 0 spiro atoms. The molecule has 0 bridgehead atoms. The van der Waals surface area contributed by atoms with Crippen molar-refractivity contribution in [2.75, 3.05) is 0 Å². The van der Waals surface area contributed by atoms with Crippen molar-refractivity contribution in [3.8, 4) is 0 Å². The lowest BCUT2D eigenvalue weighted by Crippen LogP contribution is -2.34. The zero-order valence-electron chi connectivity index (χ0n) is 12.1. The number of carboxylic acids is 1. The van der Waals surface area contributed by atoms with E-state index in [2.05, 4.69) is 5.32 Å². The van der Waals surface area contributed by atoms with Gasteiger partial charge in [-0.15, -0.1) is 0 Å². The molecule has 0 fully saturated rings. The second-order valence-corrected chi connectivity index (χ2v) is 5.37. The average molecular weight is 291 g/mol. The Bertz CT molecular complexity index is 622. The molecule has 1 aliphatic carbocycles.